The molecule has 0 fully saturated rings. The molecule has 142 valence electrons. The topological polar surface area (TPSA) is 97.7 Å². The van der Waals surface area contributed by atoms with Crippen molar-refractivity contribution in [1.82, 2.24) is 0 Å². The number of hydrogen-bond acceptors (Lipinski definition) is 6. The summed E-state index contributed by atoms with van der Waals surface area (Å²) in [7, 11) is 0. The third kappa shape index (κ3) is 5.35. The Bertz CT molecular complexity index is 929. The van der Waals surface area contributed by atoms with Crippen LogP contribution in [-0.4, -0.2) is 31.7 Å². The molecule has 0 saturated carbocycles. The lowest BCUT2D eigenvalue weighted by molar-refractivity contribution is -0.142. The molecule has 0 unspecified atom stereocenters. The fourth-order valence-electron chi connectivity index (χ4n) is 2.46. The molecule has 1 aliphatic rings. The quantitative estimate of drug-likeness (QED) is 0.635. The molecule has 28 heavy (non-hydrogen) atoms. The van der Waals surface area contributed by atoms with Crippen LogP contribution in [0.4, 0.5) is 5.69 Å². The maximum Gasteiger partial charge on any atom is 0.331 e. The number of fused-ring (bicyclic) bond motifs is 1. The van der Waals surface area contributed by atoms with Gasteiger partial charge in [-0.1, -0.05) is 12.1 Å². The highest BCUT2D eigenvalue weighted by molar-refractivity contribution is 5.94. The summed E-state index contributed by atoms with van der Waals surface area (Å²) in [4.78, 5) is 23.7. The van der Waals surface area contributed by atoms with Crippen LogP contribution in [0.25, 0.3) is 6.08 Å². The van der Waals surface area contributed by atoms with Gasteiger partial charge in [0, 0.05) is 24.3 Å². The van der Waals surface area contributed by atoms with E-state index in [0.29, 0.717) is 36.0 Å². The lowest BCUT2D eigenvalue weighted by Crippen LogP contribution is -2.20. The van der Waals surface area contributed by atoms with E-state index >= 15 is 0 Å². The summed E-state index contributed by atoms with van der Waals surface area (Å²) in [5.41, 5.74) is 1.80. The van der Waals surface area contributed by atoms with Crippen molar-refractivity contribution in [2.75, 3.05) is 25.1 Å². The summed E-state index contributed by atoms with van der Waals surface area (Å²) in [5, 5.41) is 11.4. The zero-order valence-electron chi connectivity index (χ0n) is 15.0. The molecule has 0 bridgehead atoms. The van der Waals surface area contributed by atoms with E-state index in [9.17, 15) is 9.59 Å². The molecule has 0 radical (unpaired) electrons. The lowest BCUT2D eigenvalue weighted by atomic mass is 10.1. The van der Waals surface area contributed by atoms with E-state index in [0.717, 1.165) is 12.0 Å². The number of esters is 1. The molecule has 1 heterocycles. The van der Waals surface area contributed by atoms with Crippen molar-refractivity contribution in [3.63, 3.8) is 0 Å². The van der Waals surface area contributed by atoms with E-state index in [4.69, 9.17) is 19.5 Å². The number of carbonyl (C=O) groups excluding carboxylic acids is 2. The van der Waals surface area contributed by atoms with Gasteiger partial charge in [0.05, 0.1) is 24.8 Å². The van der Waals surface area contributed by atoms with Gasteiger partial charge in [0.15, 0.2) is 18.1 Å². The second-order valence-electron chi connectivity index (χ2n) is 5.94. The van der Waals surface area contributed by atoms with Crippen LogP contribution in [0.2, 0.25) is 0 Å². The van der Waals surface area contributed by atoms with Crippen LogP contribution in [0, 0.1) is 11.3 Å². The van der Waals surface area contributed by atoms with Gasteiger partial charge in [0.25, 0.3) is 5.91 Å². The van der Waals surface area contributed by atoms with Gasteiger partial charge in [-0.25, -0.2) is 4.79 Å². The molecule has 3 rings (SSSR count). The van der Waals surface area contributed by atoms with Crippen molar-refractivity contribution in [3.8, 4) is 17.6 Å². The molecule has 0 atom stereocenters. The van der Waals surface area contributed by atoms with Crippen LogP contribution < -0.4 is 14.8 Å². The highest BCUT2D eigenvalue weighted by atomic mass is 16.5. The molecule has 0 aromatic heterocycles. The van der Waals surface area contributed by atoms with Gasteiger partial charge in [0.1, 0.15) is 0 Å². The number of nitrogens with zero attached hydrogens (tertiary/aromatic N) is 1. The first-order valence-corrected chi connectivity index (χ1v) is 8.68. The van der Waals surface area contributed by atoms with Gasteiger partial charge in [-0.05, 0) is 35.9 Å². The van der Waals surface area contributed by atoms with Gasteiger partial charge in [-0.2, -0.15) is 5.26 Å². The summed E-state index contributed by atoms with van der Waals surface area (Å²) in [6, 6.07) is 13.8. The van der Waals surface area contributed by atoms with E-state index in [2.05, 4.69) is 5.32 Å². The zero-order chi connectivity index (χ0) is 19.8. The Balaban J connectivity index is 1.48. The van der Waals surface area contributed by atoms with Gasteiger partial charge in [0.2, 0.25) is 0 Å². The molecule has 2 aromatic rings. The number of rotatable bonds is 5. The van der Waals surface area contributed by atoms with Gasteiger partial charge in [-0.15, -0.1) is 0 Å². The molecule has 0 saturated heterocycles. The Hall–Kier alpha value is -3.79. The largest absolute Gasteiger partial charge is 0.490 e. The number of nitrogens with one attached hydrogen (secondary N) is 1. The first-order chi connectivity index (χ1) is 13.6. The second kappa shape index (κ2) is 9.24. The first kappa shape index (κ1) is 19.0. The van der Waals surface area contributed by atoms with Crippen molar-refractivity contribution in [1.29, 1.82) is 5.26 Å². The van der Waals surface area contributed by atoms with Crippen LogP contribution in [-0.2, 0) is 14.3 Å². The normalized spacial score (nSPS) is 12.7. The third-order valence-corrected chi connectivity index (χ3v) is 3.83. The second-order valence-corrected chi connectivity index (χ2v) is 5.94. The fraction of sp³-hybridized carbons (Fsp3) is 0.190. The SMILES string of the molecule is N#Cc1ccc(/C=C/C(=O)OCC(=O)Nc2ccc3c(c2)OCCCO3)cc1. The van der Waals surface area contributed by atoms with E-state index in [1.807, 2.05) is 6.07 Å². The van der Waals surface area contributed by atoms with Crippen LogP contribution in [0.1, 0.15) is 17.5 Å². The van der Waals surface area contributed by atoms with Crippen LogP contribution >= 0.6 is 0 Å². The summed E-state index contributed by atoms with van der Waals surface area (Å²) < 4.78 is 16.0. The molecule has 7 heteroatoms. The Kier molecular flexibility index (Phi) is 6.26. The predicted octanol–water partition coefficient (Wildman–Crippen LogP) is 2.91. The smallest absolute Gasteiger partial charge is 0.331 e. The molecular weight excluding hydrogens is 360 g/mol. The Morgan fingerprint density at radius 1 is 1.11 bits per heavy atom. The molecule has 2 aromatic carbocycles. The summed E-state index contributed by atoms with van der Waals surface area (Å²) in [6.07, 6.45) is 3.57. The number of anilines is 1. The van der Waals surface area contributed by atoms with Crippen molar-refractivity contribution < 1.29 is 23.8 Å². The zero-order valence-corrected chi connectivity index (χ0v) is 15.0. The Labute approximate surface area is 162 Å². The maximum absolute atomic E-state index is 12.0. The maximum atomic E-state index is 12.0. The van der Waals surface area contributed by atoms with E-state index in [1.165, 1.54) is 6.08 Å². The van der Waals surface area contributed by atoms with E-state index in [-0.39, 0.29) is 0 Å². The Morgan fingerprint density at radius 2 is 1.86 bits per heavy atom. The lowest BCUT2D eigenvalue weighted by Gasteiger charge is -2.10. The third-order valence-electron chi connectivity index (χ3n) is 3.83. The van der Waals surface area contributed by atoms with Crippen molar-refractivity contribution in [3.05, 3.63) is 59.7 Å². The summed E-state index contributed by atoms with van der Waals surface area (Å²) in [6.45, 7) is 0.725. The molecule has 1 N–H and O–H groups in total. The van der Waals surface area contributed by atoms with Crippen molar-refractivity contribution in [2.45, 2.75) is 6.42 Å². The molecule has 0 aliphatic carbocycles. The monoisotopic (exact) mass is 378 g/mol. The van der Waals surface area contributed by atoms with Crippen LogP contribution in [0.5, 0.6) is 11.5 Å². The van der Waals surface area contributed by atoms with Gasteiger partial charge < -0.3 is 19.5 Å². The predicted molar refractivity (Wildman–Crippen MR) is 102 cm³/mol. The molecule has 1 amide bonds. The van der Waals surface area contributed by atoms with E-state index in [1.54, 1.807) is 48.5 Å². The Morgan fingerprint density at radius 3 is 2.61 bits per heavy atom. The highest BCUT2D eigenvalue weighted by Gasteiger charge is 2.12. The number of benzene rings is 2. The fourth-order valence-corrected chi connectivity index (χ4v) is 2.46. The molecule has 1 aliphatic heterocycles. The average molecular weight is 378 g/mol. The standard InChI is InChI=1S/C21H18N2O5/c22-13-16-4-2-15(3-5-16)6-9-21(25)28-14-20(24)23-17-7-8-18-19(12-17)27-11-1-10-26-18/h2-9,12H,1,10-11,14H2,(H,23,24)/b9-6+. The van der Waals surface area contributed by atoms with Crippen LogP contribution in [0.3, 0.4) is 0 Å². The summed E-state index contributed by atoms with van der Waals surface area (Å²) in [5.74, 6) is 0.0975. The van der Waals surface area contributed by atoms with Crippen molar-refractivity contribution in [2.24, 2.45) is 0 Å². The molecule has 0 spiro atoms. The average Bonchev–Trinajstić information content (AvgIpc) is 2.96. The van der Waals surface area contributed by atoms with E-state index < -0.39 is 18.5 Å². The number of hydrogen-bond donors (Lipinski definition) is 1. The minimum Gasteiger partial charge on any atom is -0.490 e. The van der Waals surface area contributed by atoms with Crippen molar-refractivity contribution >= 4 is 23.6 Å². The van der Waals surface area contributed by atoms with Gasteiger partial charge in [-0.3, -0.25) is 4.79 Å². The number of amides is 1. The number of ether oxygens (including phenoxy) is 3. The highest BCUT2D eigenvalue weighted by Crippen LogP contribution is 2.32. The molecule has 7 nitrogen and oxygen atoms in total. The van der Waals surface area contributed by atoms with Crippen LogP contribution in [0.15, 0.2) is 48.5 Å². The molecular formula is C21H18N2O5. The minimum absolute atomic E-state index is 0.412. The summed E-state index contributed by atoms with van der Waals surface area (Å²) >= 11 is 0. The minimum atomic E-state index is -0.641. The first-order valence-electron chi connectivity index (χ1n) is 8.68. The number of nitriles is 1. The number of carbonyl (C=O) groups is 2. The van der Waals surface area contributed by atoms with Gasteiger partial charge >= 0.3 is 5.97 Å².